The number of benzene rings is 1. The first-order valence-corrected chi connectivity index (χ1v) is 8.36. The van der Waals surface area contributed by atoms with Gasteiger partial charge in [0.2, 0.25) is 5.91 Å². The van der Waals surface area contributed by atoms with Crippen LogP contribution in [-0.4, -0.2) is 35.4 Å². The van der Waals surface area contributed by atoms with Crippen LogP contribution in [-0.2, 0) is 24.9 Å². The quantitative estimate of drug-likeness (QED) is 0.384. The van der Waals surface area contributed by atoms with Gasteiger partial charge in [-0.2, -0.15) is 0 Å². The monoisotopic (exact) mass is 489 g/mol. The van der Waals surface area contributed by atoms with Crippen molar-refractivity contribution in [3.8, 4) is 0 Å². The molecule has 1 amide bonds. The molecule has 8 heteroatoms. The summed E-state index contributed by atoms with van der Waals surface area (Å²) >= 11 is 6.04. The van der Waals surface area contributed by atoms with Crippen LogP contribution in [0.1, 0.15) is 18.2 Å². The normalized spacial score (nSPS) is 10.9. The third-order valence-corrected chi connectivity index (χ3v) is 3.95. The number of aliphatic imine (C=N–C) groups is 1. The zero-order valence-electron chi connectivity index (χ0n) is 15.4. The number of amides is 1. The Kier molecular flexibility index (Phi) is 8.94. The molecule has 1 aromatic heterocycles. The number of hydrogen-bond acceptors (Lipinski definition) is 2. The van der Waals surface area contributed by atoms with Crippen LogP contribution in [0.5, 0.6) is 0 Å². The van der Waals surface area contributed by atoms with Crippen molar-refractivity contribution in [2.75, 3.05) is 19.4 Å². The molecule has 0 unspecified atom stereocenters. The molecule has 2 N–H and O–H groups in total. The predicted octanol–water partition coefficient (Wildman–Crippen LogP) is 3.46. The molecule has 0 aliphatic rings. The maximum absolute atomic E-state index is 11.2. The molecule has 6 nitrogen and oxygen atoms in total. The van der Waals surface area contributed by atoms with E-state index in [0.717, 1.165) is 27.9 Å². The molecule has 0 aliphatic heterocycles. The van der Waals surface area contributed by atoms with E-state index in [0.29, 0.717) is 13.1 Å². The molecular weight excluding hydrogens is 465 g/mol. The number of hydrogen-bond donors (Lipinski definition) is 2. The second kappa shape index (κ2) is 10.4. The van der Waals surface area contributed by atoms with Gasteiger partial charge in [0, 0.05) is 52.2 Å². The maximum atomic E-state index is 11.2. The number of halogens is 2. The topological polar surface area (TPSA) is 61.7 Å². The molecule has 0 atom stereocenters. The van der Waals surface area contributed by atoms with Crippen molar-refractivity contribution < 1.29 is 4.79 Å². The molecule has 2 rings (SSSR count). The Morgan fingerprint density at radius 1 is 1.35 bits per heavy atom. The lowest BCUT2D eigenvalue weighted by molar-refractivity contribution is -0.114. The summed E-state index contributed by atoms with van der Waals surface area (Å²) in [6.45, 7) is 2.80. The van der Waals surface area contributed by atoms with Crippen LogP contribution in [0.3, 0.4) is 0 Å². The molecule has 0 spiro atoms. The summed E-state index contributed by atoms with van der Waals surface area (Å²) in [6.07, 6.45) is 1.88. The molecule has 0 fully saturated rings. The summed E-state index contributed by atoms with van der Waals surface area (Å²) in [7, 11) is 5.70. The minimum atomic E-state index is -0.0816. The highest BCUT2D eigenvalue weighted by Gasteiger charge is 2.10. The molecule has 142 valence electrons. The summed E-state index contributed by atoms with van der Waals surface area (Å²) in [4.78, 5) is 17.5. The third-order valence-electron chi connectivity index (χ3n) is 3.75. The molecule has 1 heterocycles. The van der Waals surface area contributed by atoms with Gasteiger partial charge >= 0.3 is 0 Å². The zero-order chi connectivity index (χ0) is 18.4. The smallest absolute Gasteiger partial charge is 0.221 e. The molecule has 2 aromatic rings. The van der Waals surface area contributed by atoms with Crippen molar-refractivity contribution in [1.29, 1.82) is 0 Å². The van der Waals surface area contributed by atoms with Gasteiger partial charge in [-0.25, -0.2) is 0 Å². The van der Waals surface area contributed by atoms with E-state index in [1.807, 2.05) is 60.1 Å². The summed E-state index contributed by atoms with van der Waals surface area (Å²) < 4.78 is 2.00. The number of nitrogens with one attached hydrogen (secondary N) is 2. The molecule has 0 saturated heterocycles. The van der Waals surface area contributed by atoms with Gasteiger partial charge in [-0.3, -0.25) is 9.79 Å². The Morgan fingerprint density at radius 3 is 2.65 bits per heavy atom. The van der Waals surface area contributed by atoms with Crippen LogP contribution < -0.4 is 10.6 Å². The van der Waals surface area contributed by atoms with E-state index in [1.165, 1.54) is 6.92 Å². The Labute approximate surface area is 176 Å². The minimum Gasteiger partial charge on any atom is -0.352 e. The van der Waals surface area contributed by atoms with Gasteiger partial charge in [-0.05, 0) is 23.8 Å². The summed E-state index contributed by atoms with van der Waals surface area (Å²) in [5.74, 6) is 0.698. The lowest BCUT2D eigenvalue weighted by Crippen LogP contribution is -2.38. The van der Waals surface area contributed by atoms with Crippen molar-refractivity contribution in [3.63, 3.8) is 0 Å². The van der Waals surface area contributed by atoms with Gasteiger partial charge in [0.1, 0.15) is 0 Å². The van der Waals surface area contributed by atoms with Gasteiger partial charge in [0.05, 0.1) is 11.6 Å². The molecule has 0 radical (unpaired) electrons. The highest BCUT2D eigenvalue weighted by atomic mass is 127. The minimum absolute atomic E-state index is 0. The van der Waals surface area contributed by atoms with E-state index in [9.17, 15) is 4.79 Å². The van der Waals surface area contributed by atoms with Crippen molar-refractivity contribution in [3.05, 3.63) is 52.8 Å². The number of rotatable bonds is 5. The number of carbonyl (C=O) groups excluding carboxylic acids is 1. The Bertz CT molecular complexity index is 775. The van der Waals surface area contributed by atoms with Crippen molar-refractivity contribution in [2.24, 2.45) is 12.0 Å². The molecule has 0 aliphatic carbocycles. The largest absolute Gasteiger partial charge is 0.352 e. The molecule has 1 aromatic carbocycles. The van der Waals surface area contributed by atoms with Crippen molar-refractivity contribution in [2.45, 2.75) is 20.0 Å². The van der Waals surface area contributed by atoms with Gasteiger partial charge in [0.15, 0.2) is 5.96 Å². The van der Waals surface area contributed by atoms with Crippen LogP contribution in [0.25, 0.3) is 0 Å². The van der Waals surface area contributed by atoms with E-state index < -0.39 is 0 Å². The summed E-state index contributed by atoms with van der Waals surface area (Å²) in [5.41, 5.74) is 2.94. The Morgan fingerprint density at radius 2 is 2.08 bits per heavy atom. The van der Waals surface area contributed by atoms with Gasteiger partial charge in [-0.15, -0.1) is 24.0 Å². The zero-order valence-corrected chi connectivity index (χ0v) is 18.5. The number of carbonyl (C=O) groups is 1. The number of nitrogens with zero attached hydrogens (tertiary/aromatic N) is 3. The first kappa shape index (κ1) is 22.3. The van der Waals surface area contributed by atoms with Crippen molar-refractivity contribution >= 4 is 53.1 Å². The first-order valence-electron chi connectivity index (χ1n) is 7.98. The molecule has 26 heavy (non-hydrogen) atoms. The second-order valence-corrected chi connectivity index (χ2v) is 6.34. The fourth-order valence-corrected chi connectivity index (χ4v) is 2.84. The fraction of sp³-hybridized carbons (Fsp3) is 0.333. The maximum Gasteiger partial charge on any atom is 0.221 e. The average Bonchev–Trinajstić information content (AvgIpc) is 2.85. The summed E-state index contributed by atoms with van der Waals surface area (Å²) in [6, 6.07) is 9.68. The van der Waals surface area contributed by atoms with Crippen LogP contribution in [0, 0.1) is 0 Å². The Hall–Kier alpha value is -1.74. The van der Waals surface area contributed by atoms with Gasteiger partial charge < -0.3 is 20.1 Å². The van der Waals surface area contributed by atoms with Crippen LogP contribution in [0.2, 0.25) is 5.02 Å². The van der Waals surface area contributed by atoms with Gasteiger partial charge in [-0.1, -0.05) is 23.7 Å². The number of aryl methyl sites for hydroxylation is 1. The molecule has 0 bridgehead atoms. The first-order chi connectivity index (χ1) is 11.9. The molecular formula is C18H25ClIN5O. The van der Waals surface area contributed by atoms with E-state index in [4.69, 9.17) is 11.6 Å². The average molecular weight is 490 g/mol. The SMILES string of the molecule is CN=C(NCc1cccc(NC(C)=O)c1)N(C)Cc1cc(Cl)cn1C.I. The standard InChI is InChI=1S/C18H24ClN5O.HI/c1-13(25)22-16-7-5-6-14(8-16)10-21-18(20-2)24(4)12-17-9-15(19)11-23(17)3;/h5-9,11H,10,12H2,1-4H3,(H,20,21)(H,22,25);1H. The van der Waals surface area contributed by atoms with E-state index in [2.05, 4.69) is 15.6 Å². The second-order valence-electron chi connectivity index (χ2n) is 5.90. The van der Waals surface area contributed by atoms with Gasteiger partial charge in [0.25, 0.3) is 0 Å². The Balaban J connectivity index is 0.00000338. The fourth-order valence-electron chi connectivity index (χ4n) is 2.57. The highest BCUT2D eigenvalue weighted by Crippen LogP contribution is 2.14. The number of anilines is 1. The van der Waals surface area contributed by atoms with Crippen molar-refractivity contribution in [1.82, 2.24) is 14.8 Å². The number of aromatic nitrogens is 1. The van der Waals surface area contributed by atoms with Crippen LogP contribution in [0.15, 0.2) is 41.5 Å². The highest BCUT2D eigenvalue weighted by molar-refractivity contribution is 14.0. The third kappa shape index (κ3) is 6.53. The molecule has 0 saturated carbocycles. The predicted molar refractivity (Wildman–Crippen MR) is 118 cm³/mol. The lowest BCUT2D eigenvalue weighted by Gasteiger charge is -2.22. The lowest BCUT2D eigenvalue weighted by atomic mass is 10.2. The van der Waals surface area contributed by atoms with Crippen LogP contribution >= 0.6 is 35.6 Å². The van der Waals surface area contributed by atoms with E-state index >= 15 is 0 Å². The number of guanidine groups is 1. The van der Waals surface area contributed by atoms with E-state index in [1.54, 1.807) is 7.05 Å². The van der Waals surface area contributed by atoms with Crippen LogP contribution in [0.4, 0.5) is 5.69 Å². The van der Waals surface area contributed by atoms with E-state index in [-0.39, 0.29) is 29.9 Å². The summed E-state index contributed by atoms with van der Waals surface area (Å²) in [5, 5.41) is 6.85.